The number of ether oxygens (including phenoxy) is 1. The number of nitriles is 1. The van der Waals surface area contributed by atoms with Crippen molar-refractivity contribution in [2.24, 2.45) is 0 Å². The molecule has 0 radical (unpaired) electrons. The largest absolute Gasteiger partial charge is 0.489 e. The minimum absolute atomic E-state index is 0.165. The van der Waals surface area contributed by atoms with Crippen LogP contribution in [0.5, 0.6) is 5.75 Å². The normalized spacial score (nSPS) is 11.1. The molecule has 37 heavy (non-hydrogen) atoms. The monoisotopic (exact) mass is 488 g/mol. The zero-order chi connectivity index (χ0) is 25.5. The molecule has 0 atom stereocenters. The van der Waals surface area contributed by atoms with Gasteiger partial charge in [0.05, 0.1) is 17.9 Å². The molecule has 0 aliphatic carbocycles. The second-order valence-corrected chi connectivity index (χ2v) is 7.91. The van der Waals surface area contributed by atoms with Crippen LogP contribution < -0.4 is 10.1 Å². The van der Waals surface area contributed by atoms with Gasteiger partial charge in [-0.15, -0.1) is 5.10 Å². The van der Waals surface area contributed by atoms with E-state index in [0.717, 1.165) is 11.1 Å². The summed E-state index contributed by atoms with van der Waals surface area (Å²) in [5.74, 6) is 0.991. The number of hydrogen-bond acceptors (Lipinski definition) is 7. The molecule has 3 aromatic carbocycles. The number of nitrogens with zero attached hydrogens (tertiary/aromatic N) is 5. The van der Waals surface area contributed by atoms with Gasteiger partial charge in [-0.3, -0.25) is 4.79 Å². The molecule has 0 spiro atoms. The number of anilines is 1. The van der Waals surface area contributed by atoms with Crippen LogP contribution in [0.25, 0.3) is 23.2 Å². The second-order valence-electron chi connectivity index (χ2n) is 7.91. The van der Waals surface area contributed by atoms with Gasteiger partial charge < -0.3 is 14.5 Å². The van der Waals surface area contributed by atoms with E-state index in [-0.39, 0.29) is 12.3 Å². The summed E-state index contributed by atoms with van der Waals surface area (Å²) in [6.07, 6.45) is 3.09. The summed E-state index contributed by atoms with van der Waals surface area (Å²) in [7, 11) is 0. The number of tetrazole rings is 1. The highest BCUT2D eigenvalue weighted by Gasteiger charge is 2.20. The number of hydrogen-bond donors (Lipinski definition) is 1. The molecule has 2 heterocycles. The van der Waals surface area contributed by atoms with E-state index >= 15 is 0 Å². The van der Waals surface area contributed by atoms with Crippen LogP contribution in [-0.4, -0.2) is 26.1 Å². The molecule has 0 saturated carbocycles. The van der Waals surface area contributed by atoms with E-state index in [1.54, 1.807) is 54.6 Å². The summed E-state index contributed by atoms with van der Waals surface area (Å²) in [4.78, 5) is 13.5. The van der Waals surface area contributed by atoms with Gasteiger partial charge in [-0.05, 0) is 52.4 Å². The summed E-state index contributed by atoms with van der Waals surface area (Å²) in [5, 5.41) is 24.0. The van der Waals surface area contributed by atoms with Crippen molar-refractivity contribution in [1.29, 1.82) is 5.26 Å². The van der Waals surface area contributed by atoms with Crippen LogP contribution in [0.2, 0.25) is 0 Å². The number of aromatic nitrogens is 4. The molecule has 2 aromatic heterocycles. The van der Waals surface area contributed by atoms with E-state index in [9.17, 15) is 4.79 Å². The van der Waals surface area contributed by atoms with Crippen LogP contribution in [0, 0.1) is 11.3 Å². The van der Waals surface area contributed by atoms with Crippen LogP contribution in [0.3, 0.4) is 0 Å². The Kier molecular flexibility index (Phi) is 6.81. The van der Waals surface area contributed by atoms with Crippen molar-refractivity contribution in [3.05, 3.63) is 114 Å². The number of rotatable bonds is 8. The summed E-state index contributed by atoms with van der Waals surface area (Å²) in [6.45, 7) is 0.279. The SMILES string of the molecule is N#Cc1cccc(COc2cccc(NC(=O)/C(=C/c3ccco3)n3nnnc3-c3ccccc3)c2)c1. The molecule has 0 aliphatic heterocycles. The van der Waals surface area contributed by atoms with E-state index in [2.05, 4.69) is 26.9 Å². The molecule has 9 nitrogen and oxygen atoms in total. The minimum Gasteiger partial charge on any atom is -0.489 e. The van der Waals surface area contributed by atoms with Crippen molar-refractivity contribution < 1.29 is 13.9 Å². The number of carbonyl (C=O) groups excluding carboxylic acids is 1. The van der Waals surface area contributed by atoms with Gasteiger partial charge in [0.2, 0.25) is 0 Å². The lowest BCUT2D eigenvalue weighted by atomic mass is 10.1. The number of carbonyl (C=O) groups is 1. The highest BCUT2D eigenvalue weighted by molar-refractivity contribution is 6.24. The smallest absolute Gasteiger partial charge is 0.274 e. The highest BCUT2D eigenvalue weighted by Crippen LogP contribution is 2.23. The molecule has 0 fully saturated rings. The third-order valence-corrected chi connectivity index (χ3v) is 5.34. The maximum Gasteiger partial charge on any atom is 0.274 e. The molecule has 180 valence electrons. The Hall–Kier alpha value is -5.49. The van der Waals surface area contributed by atoms with Crippen LogP contribution in [-0.2, 0) is 11.4 Å². The number of benzene rings is 3. The van der Waals surface area contributed by atoms with Gasteiger partial charge in [0.1, 0.15) is 23.8 Å². The maximum atomic E-state index is 13.5. The van der Waals surface area contributed by atoms with E-state index < -0.39 is 5.91 Å². The average molecular weight is 489 g/mol. The Morgan fingerprint density at radius 3 is 2.70 bits per heavy atom. The summed E-state index contributed by atoms with van der Waals surface area (Å²) >= 11 is 0. The van der Waals surface area contributed by atoms with E-state index in [0.29, 0.717) is 28.6 Å². The molecule has 9 heteroatoms. The fourth-order valence-corrected chi connectivity index (χ4v) is 3.60. The summed E-state index contributed by atoms with van der Waals surface area (Å²) < 4.78 is 12.7. The maximum absolute atomic E-state index is 13.5. The van der Waals surface area contributed by atoms with Crippen molar-refractivity contribution in [3.63, 3.8) is 0 Å². The lowest BCUT2D eigenvalue weighted by Gasteiger charge is -2.12. The van der Waals surface area contributed by atoms with Gasteiger partial charge >= 0.3 is 0 Å². The Labute approximate surface area is 212 Å². The molecule has 1 N–H and O–H groups in total. The lowest BCUT2D eigenvalue weighted by molar-refractivity contribution is -0.111. The second kappa shape index (κ2) is 10.8. The van der Waals surface area contributed by atoms with Crippen molar-refractivity contribution in [2.75, 3.05) is 5.32 Å². The Balaban J connectivity index is 1.39. The number of furan rings is 1. The summed E-state index contributed by atoms with van der Waals surface area (Å²) in [6, 6.07) is 29.2. The van der Waals surface area contributed by atoms with E-state index in [1.165, 1.54) is 10.9 Å². The molecular formula is C28H20N6O3. The first-order valence-electron chi connectivity index (χ1n) is 11.3. The third-order valence-electron chi connectivity index (χ3n) is 5.34. The molecule has 1 amide bonds. The van der Waals surface area contributed by atoms with Crippen molar-refractivity contribution in [3.8, 4) is 23.2 Å². The first kappa shape index (κ1) is 23.3. The average Bonchev–Trinajstić information content (AvgIpc) is 3.64. The number of nitrogens with one attached hydrogen (secondary N) is 1. The molecular weight excluding hydrogens is 468 g/mol. The standard InChI is InChI=1S/C28H20N6O3/c29-18-20-7-4-8-21(15-20)19-37-24-12-5-11-23(16-24)30-28(35)26(17-25-13-6-14-36-25)34-27(31-32-33-34)22-9-2-1-3-10-22/h1-17H,19H2,(H,30,35)/b26-17-. The van der Waals surface area contributed by atoms with Crippen LogP contribution in [0.15, 0.2) is 102 Å². The Morgan fingerprint density at radius 2 is 1.89 bits per heavy atom. The molecule has 0 saturated heterocycles. The molecule has 5 rings (SSSR count). The van der Waals surface area contributed by atoms with Crippen LogP contribution in [0.4, 0.5) is 5.69 Å². The van der Waals surface area contributed by atoms with Crippen LogP contribution in [0.1, 0.15) is 16.9 Å². The van der Waals surface area contributed by atoms with E-state index in [1.807, 2.05) is 42.5 Å². The predicted octanol–water partition coefficient (Wildman–Crippen LogP) is 5.02. The fourth-order valence-electron chi connectivity index (χ4n) is 3.60. The van der Waals surface area contributed by atoms with Gasteiger partial charge in [0.15, 0.2) is 5.82 Å². The minimum atomic E-state index is -0.445. The van der Waals surface area contributed by atoms with Crippen molar-refractivity contribution in [1.82, 2.24) is 20.2 Å². The molecule has 0 aliphatic rings. The summed E-state index contributed by atoms with van der Waals surface area (Å²) in [5.41, 5.74) is 2.87. The third kappa shape index (κ3) is 5.61. The first-order valence-corrected chi connectivity index (χ1v) is 11.3. The van der Waals surface area contributed by atoms with Gasteiger partial charge in [-0.25, -0.2) is 0 Å². The van der Waals surface area contributed by atoms with Crippen molar-refractivity contribution >= 4 is 23.4 Å². The highest BCUT2D eigenvalue weighted by atomic mass is 16.5. The van der Waals surface area contributed by atoms with Gasteiger partial charge in [-0.1, -0.05) is 48.5 Å². The topological polar surface area (TPSA) is 119 Å². The quantitative estimate of drug-likeness (QED) is 0.305. The van der Waals surface area contributed by atoms with Crippen LogP contribution >= 0.6 is 0 Å². The van der Waals surface area contributed by atoms with Gasteiger partial charge in [-0.2, -0.15) is 9.94 Å². The molecule has 0 unspecified atom stereocenters. The first-order chi connectivity index (χ1) is 18.2. The molecule has 5 aromatic rings. The Morgan fingerprint density at radius 1 is 1.03 bits per heavy atom. The fraction of sp³-hybridized carbons (Fsp3) is 0.0357. The zero-order valence-corrected chi connectivity index (χ0v) is 19.5. The zero-order valence-electron chi connectivity index (χ0n) is 19.5. The van der Waals surface area contributed by atoms with Gasteiger partial charge in [0.25, 0.3) is 5.91 Å². The molecule has 0 bridgehead atoms. The Bertz CT molecular complexity index is 1580. The van der Waals surface area contributed by atoms with Gasteiger partial charge in [0, 0.05) is 23.4 Å². The lowest BCUT2D eigenvalue weighted by Crippen LogP contribution is -2.19. The van der Waals surface area contributed by atoms with E-state index in [4.69, 9.17) is 14.4 Å². The number of amides is 1. The van der Waals surface area contributed by atoms with Crippen molar-refractivity contribution in [2.45, 2.75) is 6.61 Å². The predicted molar refractivity (Wildman–Crippen MR) is 137 cm³/mol.